The van der Waals surface area contributed by atoms with Crippen molar-refractivity contribution >= 4 is 87.1 Å². The smallest absolute Gasteiger partial charge is 0.160 e. The van der Waals surface area contributed by atoms with Gasteiger partial charge in [-0.3, -0.25) is 0 Å². The molecule has 14 aromatic carbocycles. The van der Waals surface area contributed by atoms with Crippen molar-refractivity contribution < 1.29 is 0 Å². The van der Waals surface area contributed by atoms with Gasteiger partial charge in [-0.15, -0.1) is 0 Å². The molecule has 0 radical (unpaired) electrons. The van der Waals surface area contributed by atoms with Gasteiger partial charge < -0.3 is 13.7 Å². The Labute approximate surface area is 549 Å². The molecule has 0 atom stereocenters. The highest BCUT2D eigenvalue weighted by Crippen LogP contribution is 2.52. The quantitative estimate of drug-likeness (QED) is 0.149. The van der Waals surface area contributed by atoms with Crippen LogP contribution in [0.3, 0.4) is 0 Å². The second-order valence-corrected chi connectivity index (χ2v) is 27.3. The first kappa shape index (κ1) is 53.7. The molecule has 0 aliphatic heterocycles. The fraction of sp³-hybridized carbons (Fsp3) is 0.0667. The van der Waals surface area contributed by atoms with E-state index in [1.807, 2.05) is 18.2 Å². The molecule has 95 heavy (non-hydrogen) atoms. The number of hydrogen-bond acceptors (Lipinski definition) is 2. The number of fused-ring (bicyclic) bond motifs is 18. The molecule has 0 N–H and O–H groups in total. The molecule has 4 aromatic heterocycles. The fourth-order valence-corrected chi connectivity index (χ4v) is 16.8. The van der Waals surface area contributed by atoms with Crippen LogP contribution in [0, 0.1) is 0 Å². The van der Waals surface area contributed by atoms with Gasteiger partial charge in [-0.2, -0.15) is 0 Å². The number of rotatable bonds is 7. The van der Waals surface area contributed by atoms with E-state index in [0.29, 0.717) is 5.82 Å². The van der Waals surface area contributed by atoms with Crippen molar-refractivity contribution in [3.05, 3.63) is 320 Å². The number of aromatic nitrogens is 5. The highest BCUT2D eigenvalue weighted by atomic mass is 15.0. The second kappa shape index (κ2) is 19.8. The van der Waals surface area contributed by atoms with E-state index in [-0.39, 0.29) is 10.8 Å². The van der Waals surface area contributed by atoms with Gasteiger partial charge >= 0.3 is 0 Å². The molecule has 0 amide bonds. The third-order valence-corrected chi connectivity index (χ3v) is 21.4. The Kier molecular flexibility index (Phi) is 11.2. The maximum atomic E-state index is 5.34. The number of hydrogen-bond donors (Lipinski definition) is 0. The molecule has 2 aliphatic carbocycles. The molecule has 0 spiro atoms. The molecule has 0 unspecified atom stereocenters. The predicted octanol–water partition coefficient (Wildman–Crippen LogP) is 23.4. The van der Waals surface area contributed by atoms with Gasteiger partial charge in [0.2, 0.25) is 0 Å². The number of nitrogens with zero attached hydrogens (tertiary/aromatic N) is 5. The standard InChI is InChI=1S/C90H61N5/c1-89(2)75-26-14-10-22-65(75)67-41-39-62(52-77(67)89)94-81-29-17-13-25-70(81)72-49-58(34-45-83(72)94)60-36-47-85-74(51-60)73-50-59(35-46-84(73)95(85)63-40-42-68-66-23-11-15-27-76(66)90(3,4)78(68)53-63)57-33-44-82-71(48-57)69-24-12-16-28-80(69)93(82)61-37-30-55(31-38-61)87-86-64-21-9-8-18-54(64)32-43-79(86)91-88(92-87)56-19-6-5-7-20-56/h5-53H,1-4H3. The Morgan fingerprint density at radius 2 is 0.642 bits per heavy atom. The van der Waals surface area contributed by atoms with Gasteiger partial charge in [0.15, 0.2) is 5.82 Å². The normalized spacial score (nSPS) is 13.6. The molecule has 18 aromatic rings. The van der Waals surface area contributed by atoms with Crippen molar-refractivity contribution in [3.63, 3.8) is 0 Å². The molecular weight excluding hydrogens is 1150 g/mol. The zero-order valence-corrected chi connectivity index (χ0v) is 53.0. The SMILES string of the molecule is CC1(C)c2ccccc2-c2ccc(-n3c4ccccc4c4cc(-c5ccc6c(c5)c5cc(-c7ccc8c(c7)c7ccccc7n8-c7ccc(-c8nc(-c9ccccc9)nc9ccc%10ccccc%10c89)cc7)ccc5n6-c5ccc6c(c5)C(C)(C)c5ccccc5-6)ccc43)cc21. The van der Waals surface area contributed by atoms with E-state index in [4.69, 9.17) is 9.97 Å². The Morgan fingerprint density at radius 1 is 0.253 bits per heavy atom. The Morgan fingerprint density at radius 3 is 1.16 bits per heavy atom. The number of benzene rings is 14. The predicted molar refractivity (Wildman–Crippen MR) is 397 cm³/mol. The van der Waals surface area contributed by atoms with Crippen LogP contribution in [0.2, 0.25) is 0 Å². The van der Waals surface area contributed by atoms with Crippen molar-refractivity contribution in [2.75, 3.05) is 0 Å². The molecule has 5 nitrogen and oxygen atoms in total. The van der Waals surface area contributed by atoms with Crippen LogP contribution in [-0.4, -0.2) is 23.7 Å². The van der Waals surface area contributed by atoms with Crippen LogP contribution in [0.4, 0.5) is 0 Å². The highest BCUT2D eigenvalue weighted by molar-refractivity contribution is 6.16. The highest BCUT2D eigenvalue weighted by Gasteiger charge is 2.37. The van der Waals surface area contributed by atoms with Gasteiger partial charge in [-0.25, -0.2) is 9.97 Å². The van der Waals surface area contributed by atoms with E-state index in [9.17, 15) is 0 Å². The zero-order chi connectivity index (χ0) is 63.0. The monoisotopic (exact) mass is 1210 g/mol. The van der Waals surface area contributed by atoms with Gasteiger partial charge in [-0.1, -0.05) is 222 Å². The Balaban J connectivity index is 0.722. The van der Waals surface area contributed by atoms with Crippen molar-refractivity contribution in [1.29, 1.82) is 0 Å². The molecule has 0 bridgehead atoms. The van der Waals surface area contributed by atoms with E-state index < -0.39 is 0 Å². The van der Waals surface area contributed by atoms with E-state index in [0.717, 1.165) is 55.5 Å². The van der Waals surface area contributed by atoms with Crippen molar-refractivity contribution in [1.82, 2.24) is 23.7 Å². The van der Waals surface area contributed by atoms with E-state index in [1.54, 1.807) is 0 Å². The van der Waals surface area contributed by atoms with Crippen LogP contribution in [0.1, 0.15) is 49.9 Å². The average molecular weight is 1210 g/mol. The first-order valence-corrected chi connectivity index (χ1v) is 33.1. The molecule has 0 saturated carbocycles. The molecule has 20 rings (SSSR count). The third-order valence-electron chi connectivity index (χ3n) is 21.4. The minimum atomic E-state index is -0.146. The van der Waals surface area contributed by atoms with Crippen molar-refractivity contribution in [2.24, 2.45) is 0 Å². The summed E-state index contributed by atoms with van der Waals surface area (Å²) in [5.74, 6) is 0.715. The fourth-order valence-electron chi connectivity index (χ4n) is 16.8. The lowest BCUT2D eigenvalue weighted by molar-refractivity contribution is 0.660. The zero-order valence-electron chi connectivity index (χ0n) is 53.0. The molecule has 4 heterocycles. The molecule has 5 heteroatoms. The topological polar surface area (TPSA) is 40.6 Å². The Bertz CT molecular complexity index is 6330. The van der Waals surface area contributed by atoms with Gasteiger partial charge in [0.05, 0.1) is 44.3 Å². The summed E-state index contributed by atoms with van der Waals surface area (Å²) in [6.07, 6.45) is 0. The summed E-state index contributed by atoms with van der Waals surface area (Å²) >= 11 is 0. The lowest BCUT2D eigenvalue weighted by atomic mass is 9.82. The van der Waals surface area contributed by atoms with Crippen LogP contribution >= 0.6 is 0 Å². The van der Waals surface area contributed by atoms with Gasteiger partial charge in [0.25, 0.3) is 0 Å². The van der Waals surface area contributed by atoms with E-state index in [1.165, 1.54) is 132 Å². The van der Waals surface area contributed by atoms with Crippen LogP contribution < -0.4 is 0 Å². The van der Waals surface area contributed by atoms with Crippen LogP contribution in [0.15, 0.2) is 297 Å². The first-order chi connectivity index (χ1) is 46.6. The summed E-state index contributed by atoms with van der Waals surface area (Å²) in [4.78, 5) is 10.5. The Hall–Kier alpha value is -11.9. The van der Waals surface area contributed by atoms with Crippen molar-refractivity contribution in [2.45, 2.75) is 38.5 Å². The minimum absolute atomic E-state index is 0.104. The van der Waals surface area contributed by atoms with Crippen LogP contribution in [-0.2, 0) is 10.8 Å². The summed E-state index contributed by atoms with van der Waals surface area (Å²) in [6, 6.07) is 110. The summed E-state index contributed by atoms with van der Waals surface area (Å²) in [5.41, 5.74) is 29.6. The summed E-state index contributed by atoms with van der Waals surface area (Å²) in [5, 5.41) is 10.7. The first-order valence-electron chi connectivity index (χ1n) is 33.1. The average Bonchev–Trinajstić information content (AvgIpc) is 1.59. The summed E-state index contributed by atoms with van der Waals surface area (Å²) in [7, 11) is 0. The molecule has 0 saturated heterocycles. The minimum Gasteiger partial charge on any atom is -0.309 e. The lowest BCUT2D eigenvalue weighted by Gasteiger charge is -2.22. The lowest BCUT2D eigenvalue weighted by Crippen LogP contribution is -2.15. The molecule has 0 fully saturated rings. The maximum absolute atomic E-state index is 5.34. The van der Waals surface area contributed by atoms with Gasteiger partial charge in [0.1, 0.15) is 0 Å². The third kappa shape index (κ3) is 7.78. The van der Waals surface area contributed by atoms with Crippen molar-refractivity contribution in [3.8, 4) is 84.2 Å². The van der Waals surface area contributed by atoms with E-state index >= 15 is 0 Å². The molecule has 446 valence electrons. The summed E-state index contributed by atoms with van der Waals surface area (Å²) in [6.45, 7) is 9.49. The summed E-state index contributed by atoms with van der Waals surface area (Å²) < 4.78 is 7.39. The van der Waals surface area contributed by atoms with E-state index in [2.05, 4.69) is 320 Å². The van der Waals surface area contributed by atoms with Gasteiger partial charge in [-0.05, 0) is 181 Å². The van der Waals surface area contributed by atoms with Gasteiger partial charge in [0, 0.05) is 76.7 Å². The maximum Gasteiger partial charge on any atom is 0.160 e. The van der Waals surface area contributed by atoms with Crippen LogP contribution in [0.5, 0.6) is 0 Å². The number of para-hydroxylation sites is 2. The molecule has 2 aliphatic rings. The molecular formula is C90H61N5. The largest absolute Gasteiger partial charge is 0.309 e. The second-order valence-electron chi connectivity index (χ2n) is 27.3. The van der Waals surface area contributed by atoms with Crippen LogP contribution in [0.25, 0.3) is 171 Å².